The maximum atomic E-state index is 14.0. The Kier molecular flexibility index (Phi) is 6.97. The number of halogens is 1. The van der Waals surface area contributed by atoms with E-state index in [-0.39, 0.29) is 30.2 Å². The predicted octanol–water partition coefficient (Wildman–Crippen LogP) is 3.46. The van der Waals surface area contributed by atoms with Crippen molar-refractivity contribution in [3.05, 3.63) is 71.5 Å². The molecule has 1 aliphatic carbocycles. The van der Waals surface area contributed by atoms with E-state index in [9.17, 15) is 14.0 Å². The fourth-order valence-corrected chi connectivity index (χ4v) is 4.85. The summed E-state index contributed by atoms with van der Waals surface area (Å²) in [5, 5.41) is 2.97. The van der Waals surface area contributed by atoms with Crippen LogP contribution < -0.4 is 5.32 Å². The first kappa shape index (κ1) is 21.5. The molecular weight excluding hydrogens is 393 g/mol. The van der Waals surface area contributed by atoms with Gasteiger partial charge < -0.3 is 10.2 Å². The molecule has 2 aromatic rings. The lowest BCUT2D eigenvalue weighted by Gasteiger charge is -2.40. The first-order chi connectivity index (χ1) is 15.1. The molecule has 2 fully saturated rings. The van der Waals surface area contributed by atoms with Gasteiger partial charge in [0.05, 0.1) is 6.04 Å². The molecule has 164 valence electrons. The number of carbonyl (C=O) groups excluding carboxylic acids is 2. The van der Waals surface area contributed by atoms with E-state index in [0.29, 0.717) is 43.2 Å². The van der Waals surface area contributed by atoms with E-state index < -0.39 is 0 Å². The third kappa shape index (κ3) is 5.13. The molecule has 2 aliphatic rings. The first-order valence-corrected chi connectivity index (χ1v) is 11.2. The Hall–Kier alpha value is -2.73. The van der Waals surface area contributed by atoms with Crippen molar-refractivity contribution in [1.82, 2.24) is 15.1 Å². The number of hydrogen-bond donors (Lipinski definition) is 1. The Balaban J connectivity index is 1.39. The SMILES string of the molecule is O=C(NCc1ccccc1F)[C@H](C1CCCC1)N1CCN(C(=O)c2ccccc2)CC1. The number of carbonyl (C=O) groups is 2. The van der Waals surface area contributed by atoms with Gasteiger partial charge in [0, 0.05) is 43.9 Å². The van der Waals surface area contributed by atoms with E-state index in [1.54, 1.807) is 18.2 Å². The Bertz CT molecular complexity index is 891. The zero-order valence-corrected chi connectivity index (χ0v) is 17.8. The Morgan fingerprint density at radius 2 is 1.58 bits per heavy atom. The molecular formula is C25H30FN3O2. The lowest BCUT2D eigenvalue weighted by molar-refractivity contribution is -0.129. The minimum absolute atomic E-state index is 0.0296. The normalized spacial score (nSPS) is 18.7. The van der Waals surface area contributed by atoms with Crippen molar-refractivity contribution < 1.29 is 14.0 Å². The molecule has 4 rings (SSSR count). The number of benzene rings is 2. The molecule has 5 nitrogen and oxygen atoms in total. The maximum absolute atomic E-state index is 14.0. The highest BCUT2D eigenvalue weighted by molar-refractivity contribution is 5.94. The third-order valence-electron chi connectivity index (χ3n) is 6.54. The average molecular weight is 424 g/mol. The van der Waals surface area contributed by atoms with Gasteiger partial charge in [-0.05, 0) is 37.0 Å². The second-order valence-electron chi connectivity index (χ2n) is 8.49. The second kappa shape index (κ2) is 10.1. The summed E-state index contributed by atoms with van der Waals surface area (Å²) in [6.45, 7) is 2.76. The smallest absolute Gasteiger partial charge is 0.253 e. The molecule has 0 aromatic heterocycles. The summed E-state index contributed by atoms with van der Waals surface area (Å²) in [5.41, 5.74) is 1.20. The monoisotopic (exact) mass is 423 g/mol. The van der Waals surface area contributed by atoms with Crippen LogP contribution in [-0.4, -0.2) is 53.8 Å². The van der Waals surface area contributed by atoms with Crippen molar-refractivity contribution in [2.75, 3.05) is 26.2 Å². The van der Waals surface area contributed by atoms with Crippen molar-refractivity contribution in [3.63, 3.8) is 0 Å². The summed E-state index contributed by atoms with van der Waals surface area (Å²) in [7, 11) is 0. The van der Waals surface area contributed by atoms with Crippen molar-refractivity contribution in [3.8, 4) is 0 Å². The Morgan fingerprint density at radius 1 is 0.935 bits per heavy atom. The van der Waals surface area contributed by atoms with Crippen LogP contribution in [0, 0.1) is 11.7 Å². The summed E-state index contributed by atoms with van der Waals surface area (Å²) < 4.78 is 14.0. The molecule has 0 spiro atoms. The van der Waals surface area contributed by atoms with Gasteiger partial charge in [0.15, 0.2) is 0 Å². The van der Waals surface area contributed by atoms with Crippen LogP contribution in [0.4, 0.5) is 4.39 Å². The van der Waals surface area contributed by atoms with Gasteiger partial charge in [-0.3, -0.25) is 14.5 Å². The van der Waals surface area contributed by atoms with Crippen molar-refractivity contribution >= 4 is 11.8 Å². The van der Waals surface area contributed by atoms with E-state index in [4.69, 9.17) is 0 Å². The van der Waals surface area contributed by atoms with Crippen LogP contribution in [0.25, 0.3) is 0 Å². The molecule has 0 unspecified atom stereocenters. The minimum atomic E-state index is -0.298. The van der Waals surface area contributed by atoms with Gasteiger partial charge in [-0.2, -0.15) is 0 Å². The highest BCUT2D eigenvalue weighted by atomic mass is 19.1. The Morgan fingerprint density at radius 3 is 2.26 bits per heavy atom. The lowest BCUT2D eigenvalue weighted by atomic mass is 9.94. The van der Waals surface area contributed by atoms with Gasteiger partial charge in [0.25, 0.3) is 5.91 Å². The zero-order valence-electron chi connectivity index (χ0n) is 17.8. The number of hydrogen-bond acceptors (Lipinski definition) is 3. The fourth-order valence-electron chi connectivity index (χ4n) is 4.85. The minimum Gasteiger partial charge on any atom is -0.351 e. The van der Waals surface area contributed by atoms with Gasteiger partial charge in [-0.1, -0.05) is 49.2 Å². The molecule has 1 aliphatic heterocycles. The number of nitrogens with zero attached hydrogens (tertiary/aromatic N) is 2. The van der Waals surface area contributed by atoms with Crippen LogP contribution >= 0.6 is 0 Å². The fraction of sp³-hybridized carbons (Fsp3) is 0.440. The first-order valence-electron chi connectivity index (χ1n) is 11.2. The summed E-state index contributed by atoms with van der Waals surface area (Å²) in [4.78, 5) is 30.0. The van der Waals surface area contributed by atoms with Gasteiger partial charge in [0.2, 0.25) is 5.91 Å². The number of piperazine rings is 1. The molecule has 1 heterocycles. The molecule has 1 atom stereocenters. The molecule has 2 amide bonds. The zero-order chi connectivity index (χ0) is 21.6. The Labute approximate surface area is 183 Å². The van der Waals surface area contributed by atoms with Gasteiger partial charge in [-0.15, -0.1) is 0 Å². The van der Waals surface area contributed by atoms with Crippen LogP contribution in [-0.2, 0) is 11.3 Å². The maximum Gasteiger partial charge on any atom is 0.253 e. The number of rotatable bonds is 6. The van der Waals surface area contributed by atoms with Crippen LogP contribution in [0.15, 0.2) is 54.6 Å². The van der Waals surface area contributed by atoms with Crippen LogP contribution in [0.1, 0.15) is 41.6 Å². The molecule has 31 heavy (non-hydrogen) atoms. The summed E-state index contributed by atoms with van der Waals surface area (Å²) in [5.74, 6) is 0.0323. The second-order valence-corrected chi connectivity index (χ2v) is 8.49. The largest absolute Gasteiger partial charge is 0.351 e. The lowest BCUT2D eigenvalue weighted by Crippen LogP contribution is -2.57. The topological polar surface area (TPSA) is 52.7 Å². The standard InChI is InChI=1S/C25H30FN3O2/c26-22-13-7-6-12-21(22)18-27-24(30)23(19-8-4-5-9-19)28-14-16-29(17-15-28)25(31)20-10-2-1-3-11-20/h1-3,6-7,10-13,19,23H,4-5,8-9,14-18H2,(H,27,30)/t23-/m0/s1. The molecule has 0 bridgehead atoms. The molecule has 1 saturated heterocycles. The highest BCUT2D eigenvalue weighted by Crippen LogP contribution is 2.31. The molecule has 6 heteroatoms. The average Bonchev–Trinajstić information content (AvgIpc) is 3.33. The summed E-state index contributed by atoms with van der Waals surface area (Å²) in [6, 6.07) is 15.7. The van der Waals surface area contributed by atoms with E-state index >= 15 is 0 Å². The molecule has 0 radical (unpaired) electrons. The molecule has 2 aromatic carbocycles. The van der Waals surface area contributed by atoms with Gasteiger partial charge in [-0.25, -0.2) is 4.39 Å². The van der Waals surface area contributed by atoms with Crippen LogP contribution in [0.3, 0.4) is 0 Å². The van der Waals surface area contributed by atoms with Crippen LogP contribution in [0.5, 0.6) is 0 Å². The van der Waals surface area contributed by atoms with Crippen molar-refractivity contribution in [2.45, 2.75) is 38.3 Å². The summed E-state index contributed by atoms with van der Waals surface area (Å²) >= 11 is 0. The predicted molar refractivity (Wildman–Crippen MR) is 118 cm³/mol. The van der Waals surface area contributed by atoms with E-state index in [1.165, 1.54) is 6.07 Å². The quantitative estimate of drug-likeness (QED) is 0.774. The number of nitrogens with one attached hydrogen (secondary N) is 1. The third-order valence-corrected chi connectivity index (χ3v) is 6.54. The molecule has 1 saturated carbocycles. The van der Waals surface area contributed by atoms with Crippen molar-refractivity contribution in [1.29, 1.82) is 0 Å². The van der Waals surface area contributed by atoms with E-state index in [0.717, 1.165) is 25.7 Å². The van der Waals surface area contributed by atoms with Gasteiger partial charge >= 0.3 is 0 Å². The summed E-state index contributed by atoms with van der Waals surface area (Å²) in [6.07, 6.45) is 4.38. The molecule has 1 N–H and O–H groups in total. The van der Waals surface area contributed by atoms with Gasteiger partial charge in [0.1, 0.15) is 5.82 Å². The number of amides is 2. The van der Waals surface area contributed by atoms with E-state index in [1.807, 2.05) is 35.2 Å². The van der Waals surface area contributed by atoms with Crippen molar-refractivity contribution in [2.24, 2.45) is 5.92 Å². The van der Waals surface area contributed by atoms with Crippen LogP contribution in [0.2, 0.25) is 0 Å². The highest BCUT2D eigenvalue weighted by Gasteiger charge is 2.37. The van der Waals surface area contributed by atoms with E-state index in [2.05, 4.69) is 10.2 Å².